The molecule has 0 aromatic heterocycles. The van der Waals surface area contributed by atoms with Gasteiger partial charge in [-0.05, 0) is 58.2 Å². The number of likely N-dealkylation sites (tertiary alicyclic amines) is 1. The molecule has 1 aromatic carbocycles. The van der Waals surface area contributed by atoms with Crippen LogP contribution in [0.25, 0.3) is 0 Å². The van der Waals surface area contributed by atoms with Gasteiger partial charge in [0.2, 0.25) is 5.91 Å². The van der Waals surface area contributed by atoms with E-state index in [9.17, 15) is 26.7 Å². The van der Waals surface area contributed by atoms with Crippen molar-refractivity contribution in [3.63, 3.8) is 0 Å². The lowest BCUT2D eigenvalue weighted by Crippen LogP contribution is -2.43. The van der Waals surface area contributed by atoms with Crippen LogP contribution in [0.1, 0.15) is 46.1 Å². The summed E-state index contributed by atoms with van der Waals surface area (Å²) in [6.07, 6.45) is -5.09. The molecule has 2 aliphatic rings. The number of hydrogen-bond acceptors (Lipinski definition) is 3. The van der Waals surface area contributed by atoms with E-state index in [0.29, 0.717) is 0 Å². The van der Waals surface area contributed by atoms with E-state index in [4.69, 9.17) is 9.31 Å². The Morgan fingerprint density at radius 1 is 1.07 bits per heavy atom. The summed E-state index contributed by atoms with van der Waals surface area (Å²) in [6, 6.07) is 1.88. The summed E-state index contributed by atoms with van der Waals surface area (Å²) in [7, 11) is -1.09. The molecule has 3 rings (SSSR count). The molecular formula is C20H25BF5NO3. The first-order chi connectivity index (χ1) is 13.7. The number of piperidine rings is 1. The van der Waals surface area contributed by atoms with Crippen molar-refractivity contribution < 1.29 is 36.1 Å². The molecule has 1 aromatic rings. The summed E-state index contributed by atoms with van der Waals surface area (Å²) in [6.45, 7) is 7.04. The molecule has 0 aliphatic carbocycles. The molecule has 0 unspecified atom stereocenters. The molecule has 0 saturated carbocycles. The van der Waals surface area contributed by atoms with E-state index in [1.165, 1.54) is 4.90 Å². The Bertz CT molecular complexity index is 803. The second kappa shape index (κ2) is 7.78. The maximum Gasteiger partial charge on any atom is 0.497 e. The standard InChI is InChI=1S/C20H25BF5NO3/c1-18(2)19(3,4)30-21(29-18)14-11-15(22)12(9-16(14)23)10-17(28)27-7-5-13(6-8-27)20(24,25)26/h9,11,13H,5-8,10H2,1-4H3. The average Bonchev–Trinajstić information content (AvgIpc) is 2.84. The van der Waals surface area contributed by atoms with Gasteiger partial charge in [0.1, 0.15) is 11.6 Å². The van der Waals surface area contributed by atoms with Crippen molar-refractivity contribution in [2.75, 3.05) is 13.1 Å². The third-order valence-corrected chi connectivity index (χ3v) is 6.33. The number of carbonyl (C=O) groups is 1. The lowest BCUT2D eigenvalue weighted by molar-refractivity contribution is -0.186. The third kappa shape index (κ3) is 4.49. The molecule has 2 fully saturated rings. The van der Waals surface area contributed by atoms with Crippen LogP contribution >= 0.6 is 0 Å². The smallest absolute Gasteiger partial charge is 0.399 e. The van der Waals surface area contributed by atoms with Crippen LogP contribution < -0.4 is 5.46 Å². The number of halogens is 5. The van der Waals surface area contributed by atoms with Crippen molar-refractivity contribution >= 4 is 18.5 Å². The number of carbonyl (C=O) groups excluding carboxylic acids is 1. The van der Waals surface area contributed by atoms with E-state index in [1.54, 1.807) is 27.7 Å². The second-order valence-corrected chi connectivity index (χ2v) is 8.93. The zero-order valence-corrected chi connectivity index (χ0v) is 17.4. The fraction of sp³-hybridized carbons (Fsp3) is 0.650. The zero-order chi connectivity index (χ0) is 22.5. The van der Waals surface area contributed by atoms with Crippen LogP contribution in [-0.4, -0.2) is 48.4 Å². The minimum Gasteiger partial charge on any atom is -0.399 e. The van der Waals surface area contributed by atoms with Crippen molar-refractivity contribution in [3.05, 3.63) is 29.3 Å². The maximum absolute atomic E-state index is 14.7. The first-order valence-corrected chi connectivity index (χ1v) is 9.89. The van der Waals surface area contributed by atoms with Gasteiger partial charge >= 0.3 is 13.3 Å². The van der Waals surface area contributed by atoms with Crippen molar-refractivity contribution in [3.8, 4) is 0 Å². The van der Waals surface area contributed by atoms with Gasteiger partial charge in [-0.2, -0.15) is 13.2 Å². The van der Waals surface area contributed by atoms with E-state index < -0.39 is 54.4 Å². The number of benzene rings is 1. The predicted molar refractivity (Wildman–Crippen MR) is 101 cm³/mol. The lowest BCUT2D eigenvalue weighted by atomic mass is 9.78. The van der Waals surface area contributed by atoms with Gasteiger partial charge in [0, 0.05) is 18.6 Å². The topological polar surface area (TPSA) is 38.8 Å². The first-order valence-electron chi connectivity index (χ1n) is 9.89. The molecule has 4 nitrogen and oxygen atoms in total. The van der Waals surface area contributed by atoms with E-state index in [-0.39, 0.29) is 37.0 Å². The quantitative estimate of drug-likeness (QED) is 0.540. The number of nitrogens with zero attached hydrogens (tertiary/aromatic N) is 1. The highest BCUT2D eigenvalue weighted by Gasteiger charge is 2.52. The summed E-state index contributed by atoms with van der Waals surface area (Å²) in [5.41, 5.74) is -1.71. The van der Waals surface area contributed by atoms with Crippen LogP contribution in [0.4, 0.5) is 22.0 Å². The molecule has 2 saturated heterocycles. The van der Waals surface area contributed by atoms with Gasteiger partial charge in [0.15, 0.2) is 0 Å². The Morgan fingerprint density at radius 2 is 1.60 bits per heavy atom. The number of hydrogen-bond donors (Lipinski definition) is 0. The Kier molecular flexibility index (Phi) is 5.97. The van der Waals surface area contributed by atoms with Gasteiger partial charge in [0.05, 0.1) is 23.5 Å². The van der Waals surface area contributed by atoms with Crippen molar-refractivity contribution in [1.29, 1.82) is 0 Å². The maximum atomic E-state index is 14.7. The Hall–Kier alpha value is -1.68. The van der Waals surface area contributed by atoms with Crippen molar-refractivity contribution in [1.82, 2.24) is 4.90 Å². The molecule has 0 bridgehead atoms. The van der Waals surface area contributed by atoms with Crippen molar-refractivity contribution in [2.24, 2.45) is 5.92 Å². The molecule has 0 spiro atoms. The normalized spacial score (nSPS) is 21.9. The molecule has 0 atom stereocenters. The Labute approximate surface area is 172 Å². The van der Waals surface area contributed by atoms with Gasteiger partial charge in [-0.3, -0.25) is 4.79 Å². The molecule has 1 amide bonds. The van der Waals surface area contributed by atoms with Crippen LogP contribution in [0.3, 0.4) is 0 Å². The number of rotatable bonds is 3. The van der Waals surface area contributed by atoms with E-state index in [2.05, 4.69) is 0 Å². The molecule has 0 radical (unpaired) electrons. The largest absolute Gasteiger partial charge is 0.497 e. The van der Waals surface area contributed by atoms with Crippen molar-refractivity contribution in [2.45, 2.75) is 64.3 Å². The summed E-state index contributed by atoms with van der Waals surface area (Å²) in [5.74, 6) is -3.53. The summed E-state index contributed by atoms with van der Waals surface area (Å²) >= 11 is 0. The lowest BCUT2D eigenvalue weighted by Gasteiger charge is -2.33. The molecule has 2 heterocycles. The molecule has 0 N–H and O–H groups in total. The predicted octanol–water partition coefficient (Wildman–Crippen LogP) is 3.61. The molecule has 30 heavy (non-hydrogen) atoms. The minimum atomic E-state index is -4.28. The average molecular weight is 433 g/mol. The van der Waals surface area contributed by atoms with Gasteiger partial charge in [-0.25, -0.2) is 8.78 Å². The molecule has 166 valence electrons. The molecule has 10 heteroatoms. The summed E-state index contributed by atoms with van der Waals surface area (Å²) in [4.78, 5) is 13.7. The monoisotopic (exact) mass is 433 g/mol. The number of alkyl halides is 3. The summed E-state index contributed by atoms with van der Waals surface area (Å²) < 4.78 is 79.1. The highest BCUT2D eigenvalue weighted by atomic mass is 19.4. The van der Waals surface area contributed by atoms with E-state index in [1.807, 2.05) is 0 Å². The number of amides is 1. The van der Waals surface area contributed by atoms with Gasteiger partial charge in [-0.15, -0.1) is 0 Å². The first kappa shape index (κ1) is 23.0. The SMILES string of the molecule is CC1(C)OB(c2cc(F)c(CC(=O)N3CCC(C(F)(F)F)CC3)cc2F)OC1(C)C. The molecular weight excluding hydrogens is 408 g/mol. The van der Waals surface area contributed by atoms with Crippen LogP contribution in [0, 0.1) is 17.6 Å². The Balaban J connectivity index is 1.69. The van der Waals surface area contributed by atoms with Gasteiger partial charge < -0.3 is 14.2 Å². The second-order valence-electron chi connectivity index (χ2n) is 8.93. The summed E-state index contributed by atoms with van der Waals surface area (Å²) in [5, 5.41) is 0. The van der Waals surface area contributed by atoms with Gasteiger partial charge in [0.25, 0.3) is 0 Å². The zero-order valence-electron chi connectivity index (χ0n) is 17.4. The highest BCUT2D eigenvalue weighted by Crippen LogP contribution is 2.37. The van der Waals surface area contributed by atoms with E-state index >= 15 is 0 Å². The fourth-order valence-corrected chi connectivity index (χ4v) is 3.62. The van der Waals surface area contributed by atoms with Crippen LogP contribution in [-0.2, 0) is 20.5 Å². The third-order valence-electron chi connectivity index (χ3n) is 6.33. The van der Waals surface area contributed by atoms with Gasteiger partial charge in [-0.1, -0.05) is 0 Å². The Morgan fingerprint density at radius 3 is 2.10 bits per heavy atom. The minimum absolute atomic E-state index is 0.0564. The fourth-order valence-electron chi connectivity index (χ4n) is 3.62. The van der Waals surface area contributed by atoms with Crippen LogP contribution in [0.15, 0.2) is 12.1 Å². The van der Waals surface area contributed by atoms with Crippen LogP contribution in [0.2, 0.25) is 0 Å². The van der Waals surface area contributed by atoms with Crippen LogP contribution in [0.5, 0.6) is 0 Å². The molecule has 2 aliphatic heterocycles. The highest BCUT2D eigenvalue weighted by molar-refractivity contribution is 6.62. The van der Waals surface area contributed by atoms with E-state index in [0.717, 1.165) is 12.1 Å².